The summed E-state index contributed by atoms with van der Waals surface area (Å²) in [5.41, 5.74) is 2.96. The Hall–Kier alpha value is -3.07. The molecular weight excluding hydrogens is 494 g/mol. The van der Waals surface area contributed by atoms with Gasteiger partial charge in [0.1, 0.15) is 18.3 Å². The van der Waals surface area contributed by atoms with Gasteiger partial charge in [-0.3, -0.25) is 4.79 Å². The van der Waals surface area contributed by atoms with Crippen LogP contribution in [0.4, 0.5) is 0 Å². The molecule has 0 saturated carbocycles. The molecule has 1 aliphatic heterocycles. The van der Waals surface area contributed by atoms with Crippen molar-refractivity contribution in [3.8, 4) is 0 Å². The second-order valence-electron chi connectivity index (χ2n) is 10.1. The van der Waals surface area contributed by atoms with Crippen LogP contribution in [0, 0.1) is 0 Å². The van der Waals surface area contributed by atoms with Crippen LogP contribution in [0.3, 0.4) is 0 Å². The standard InChI is InChI=1S/C32H38NO6/c1-23(2)33(24(3)34)29-31(38-21-27-17-11-6-12-18-27)30(37-20-26-15-9-5-10-16-26)28(39-32(29)35)22-36-19-25-13-7-4-8-14-25/h4-18,23,28-32H,19-22H2,1-3H3/q-1/t28-,29-,30-,31-,32+/m1/s1. The summed E-state index contributed by atoms with van der Waals surface area (Å²) in [4.78, 5) is 14.3. The molecule has 0 unspecified atom stereocenters. The minimum atomic E-state index is -1.53. The van der Waals surface area contributed by atoms with Gasteiger partial charge in [0.05, 0.1) is 32.5 Å². The number of carbonyl (C=O) groups excluding carboxylic acids is 1. The Kier molecular flexibility index (Phi) is 10.6. The largest absolute Gasteiger partial charge is 0.829 e. The van der Waals surface area contributed by atoms with Crippen LogP contribution in [0.25, 0.3) is 0 Å². The van der Waals surface area contributed by atoms with Gasteiger partial charge < -0.3 is 29.0 Å². The molecular formula is C32H38NO6-. The van der Waals surface area contributed by atoms with Crippen molar-refractivity contribution in [1.29, 1.82) is 0 Å². The van der Waals surface area contributed by atoms with Crippen LogP contribution in [0.2, 0.25) is 0 Å². The molecule has 7 heteroatoms. The lowest BCUT2D eigenvalue weighted by molar-refractivity contribution is -0.527. The summed E-state index contributed by atoms with van der Waals surface area (Å²) in [6.07, 6.45) is -3.60. The third-order valence-electron chi connectivity index (χ3n) is 6.82. The van der Waals surface area contributed by atoms with E-state index in [4.69, 9.17) is 18.9 Å². The fourth-order valence-electron chi connectivity index (χ4n) is 5.03. The van der Waals surface area contributed by atoms with Gasteiger partial charge in [0.15, 0.2) is 0 Å². The van der Waals surface area contributed by atoms with E-state index in [1.54, 1.807) is 4.90 Å². The Balaban J connectivity index is 1.61. The molecule has 39 heavy (non-hydrogen) atoms. The number of amides is 1. The molecule has 0 aliphatic carbocycles. The highest BCUT2D eigenvalue weighted by Gasteiger charge is 2.47. The van der Waals surface area contributed by atoms with Gasteiger partial charge in [-0.05, 0) is 30.5 Å². The SMILES string of the molecule is CC(=O)N(C(C)C)[C@@H]1[C@@H](OCc2ccccc2)[C@H](OCc2ccccc2)[C@@H](COCc2ccccc2)O[C@@H]1[O-]. The summed E-state index contributed by atoms with van der Waals surface area (Å²) < 4.78 is 25.0. The summed E-state index contributed by atoms with van der Waals surface area (Å²) in [7, 11) is 0. The molecule has 4 rings (SSSR count). The fraction of sp³-hybridized carbons (Fsp3) is 0.406. The molecule has 7 nitrogen and oxygen atoms in total. The molecule has 1 fully saturated rings. The van der Waals surface area contributed by atoms with Crippen molar-refractivity contribution in [2.24, 2.45) is 0 Å². The van der Waals surface area contributed by atoms with Crippen LogP contribution >= 0.6 is 0 Å². The number of rotatable bonds is 12. The Labute approximate surface area is 231 Å². The van der Waals surface area contributed by atoms with Crippen LogP contribution in [0.15, 0.2) is 91.0 Å². The number of hydrogen-bond acceptors (Lipinski definition) is 6. The minimum absolute atomic E-state index is 0.146. The average molecular weight is 533 g/mol. The monoisotopic (exact) mass is 532 g/mol. The van der Waals surface area contributed by atoms with Gasteiger partial charge in [0.2, 0.25) is 5.91 Å². The minimum Gasteiger partial charge on any atom is -0.829 e. The molecule has 1 heterocycles. The molecule has 0 radical (unpaired) electrons. The third kappa shape index (κ3) is 7.97. The number of hydrogen-bond donors (Lipinski definition) is 0. The van der Waals surface area contributed by atoms with E-state index in [0.717, 1.165) is 16.7 Å². The number of carbonyl (C=O) groups is 1. The van der Waals surface area contributed by atoms with Crippen LogP contribution < -0.4 is 5.11 Å². The van der Waals surface area contributed by atoms with Crippen LogP contribution in [-0.2, 0) is 43.6 Å². The first-order valence-electron chi connectivity index (χ1n) is 13.5. The van der Waals surface area contributed by atoms with E-state index in [1.165, 1.54) is 6.92 Å². The zero-order chi connectivity index (χ0) is 27.6. The molecule has 1 aliphatic rings. The van der Waals surface area contributed by atoms with Gasteiger partial charge >= 0.3 is 0 Å². The quantitative estimate of drug-likeness (QED) is 0.350. The van der Waals surface area contributed by atoms with Gasteiger partial charge in [0, 0.05) is 19.3 Å². The highest BCUT2D eigenvalue weighted by Crippen LogP contribution is 2.31. The Morgan fingerprint density at radius 2 is 1.26 bits per heavy atom. The smallest absolute Gasteiger partial charge is 0.220 e. The molecule has 0 N–H and O–H groups in total. The molecule has 0 bridgehead atoms. The summed E-state index contributed by atoms with van der Waals surface area (Å²) >= 11 is 0. The van der Waals surface area contributed by atoms with E-state index in [2.05, 4.69) is 0 Å². The summed E-state index contributed by atoms with van der Waals surface area (Å²) in [6.45, 7) is 6.33. The highest BCUT2D eigenvalue weighted by molar-refractivity contribution is 5.74. The number of nitrogens with zero attached hydrogens (tertiary/aromatic N) is 1. The molecule has 1 saturated heterocycles. The zero-order valence-electron chi connectivity index (χ0n) is 22.8. The molecule has 3 aromatic carbocycles. The lowest BCUT2D eigenvalue weighted by atomic mass is 9.93. The van der Waals surface area contributed by atoms with Crippen molar-refractivity contribution < 1.29 is 28.8 Å². The van der Waals surface area contributed by atoms with E-state index >= 15 is 0 Å². The number of benzene rings is 3. The van der Waals surface area contributed by atoms with E-state index < -0.39 is 30.6 Å². The fourth-order valence-corrected chi connectivity index (χ4v) is 5.03. The van der Waals surface area contributed by atoms with Crippen molar-refractivity contribution >= 4 is 5.91 Å². The number of ether oxygens (including phenoxy) is 4. The molecule has 3 aromatic rings. The predicted octanol–water partition coefficient (Wildman–Crippen LogP) is 4.08. The Bertz CT molecular complexity index is 1130. The first kappa shape index (κ1) is 28.9. The Morgan fingerprint density at radius 1 is 0.795 bits per heavy atom. The highest BCUT2D eigenvalue weighted by atomic mass is 16.7. The maximum absolute atomic E-state index is 13.6. The predicted molar refractivity (Wildman–Crippen MR) is 146 cm³/mol. The average Bonchev–Trinajstić information content (AvgIpc) is 2.94. The van der Waals surface area contributed by atoms with Crippen LogP contribution in [0.5, 0.6) is 0 Å². The van der Waals surface area contributed by atoms with Crippen molar-refractivity contribution in [3.63, 3.8) is 0 Å². The molecule has 0 spiro atoms. The summed E-state index contributed by atoms with van der Waals surface area (Å²) in [5.74, 6) is -0.214. The van der Waals surface area contributed by atoms with Gasteiger partial charge in [-0.1, -0.05) is 91.0 Å². The van der Waals surface area contributed by atoms with E-state index in [-0.39, 0.29) is 25.2 Å². The van der Waals surface area contributed by atoms with Crippen LogP contribution in [0.1, 0.15) is 37.5 Å². The lowest BCUT2D eigenvalue weighted by Crippen LogP contribution is -2.70. The third-order valence-corrected chi connectivity index (χ3v) is 6.82. The Morgan fingerprint density at radius 3 is 1.72 bits per heavy atom. The topological polar surface area (TPSA) is 80.3 Å². The zero-order valence-corrected chi connectivity index (χ0v) is 22.8. The summed E-state index contributed by atoms with van der Waals surface area (Å²) in [5, 5.41) is 13.6. The van der Waals surface area contributed by atoms with Gasteiger partial charge in [-0.15, -0.1) is 0 Å². The van der Waals surface area contributed by atoms with Gasteiger partial charge in [-0.2, -0.15) is 0 Å². The van der Waals surface area contributed by atoms with Crippen LogP contribution in [-0.4, -0.2) is 54.1 Å². The van der Waals surface area contributed by atoms with E-state index in [9.17, 15) is 9.90 Å². The maximum atomic E-state index is 13.6. The van der Waals surface area contributed by atoms with Gasteiger partial charge in [-0.25, -0.2) is 0 Å². The van der Waals surface area contributed by atoms with E-state index in [0.29, 0.717) is 13.2 Å². The molecule has 5 atom stereocenters. The molecule has 208 valence electrons. The van der Waals surface area contributed by atoms with Crippen molar-refractivity contribution in [2.75, 3.05) is 6.61 Å². The second-order valence-corrected chi connectivity index (χ2v) is 10.1. The molecule has 0 aromatic heterocycles. The lowest BCUT2D eigenvalue weighted by Gasteiger charge is -2.53. The second kappa shape index (κ2) is 14.4. The van der Waals surface area contributed by atoms with E-state index in [1.807, 2.05) is 105 Å². The summed E-state index contributed by atoms with van der Waals surface area (Å²) in [6, 6.07) is 28.3. The van der Waals surface area contributed by atoms with Crippen molar-refractivity contribution in [3.05, 3.63) is 108 Å². The first-order valence-corrected chi connectivity index (χ1v) is 13.5. The van der Waals surface area contributed by atoms with Crippen molar-refractivity contribution in [2.45, 2.75) is 77.3 Å². The molecule has 1 amide bonds. The maximum Gasteiger partial charge on any atom is 0.220 e. The normalized spacial score (nSPS) is 23.1. The van der Waals surface area contributed by atoms with Gasteiger partial charge in [0.25, 0.3) is 0 Å². The first-order chi connectivity index (χ1) is 18.9. The van der Waals surface area contributed by atoms with Crippen molar-refractivity contribution in [1.82, 2.24) is 4.90 Å².